The van der Waals surface area contributed by atoms with Crippen molar-refractivity contribution >= 4 is 17.8 Å². The number of hydrazone groups is 1. The Morgan fingerprint density at radius 2 is 2.00 bits per heavy atom. The fourth-order valence-corrected chi connectivity index (χ4v) is 2.57. The Balaban J connectivity index is 1.56. The molecule has 8 heteroatoms. The smallest absolute Gasteiger partial charge is 0.277 e. The molecule has 1 N–H and O–H groups in total. The molecule has 0 atom stereocenters. The van der Waals surface area contributed by atoms with Crippen molar-refractivity contribution in [3.05, 3.63) is 81.6 Å². The summed E-state index contributed by atoms with van der Waals surface area (Å²) in [6.07, 6.45) is 1.34. The van der Waals surface area contributed by atoms with Crippen LogP contribution in [-0.4, -0.2) is 23.7 Å². The third kappa shape index (κ3) is 5.07. The van der Waals surface area contributed by atoms with E-state index < -0.39 is 10.8 Å². The van der Waals surface area contributed by atoms with Crippen LogP contribution in [0.25, 0.3) is 11.3 Å². The van der Waals surface area contributed by atoms with Crippen molar-refractivity contribution in [3.63, 3.8) is 0 Å². The van der Waals surface area contributed by atoms with Crippen LogP contribution in [0.2, 0.25) is 0 Å². The van der Waals surface area contributed by atoms with E-state index in [1.54, 1.807) is 30.3 Å². The normalized spacial score (nSPS) is 10.8. The number of benzene rings is 2. The average Bonchev–Trinajstić information content (AvgIpc) is 3.18. The predicted octanol–water partition coefficient (Wildman–Crippen LogP) is 4.00. The number of aryl methyl sites for hydroxylation is 1. The van der Waals surface area contributed by atoms with Crippen LogP contribution in [0.3, 0.4) is 0 Å². The zero-order chi connectivity index (χ0) is 20.8. The molecule has 2 aromatic carbocycles. The lowest BCUT2D eigenvalue weighted by Crippen LogP contribution is -2.24. The first-order valence-electron chi connectivity index (χ1n) is 8.79. The fourth-order valence-electron chi connectivity index (χ4n) is 2.57. The van der Waals surface area contributed by atoms with Crippen molar-refractivity contribution in [1.29, 1.82) is 0 Å². The van der Waals surface area contributed by atoms with Gasteiger partial charge in [-0.05, 0) is 43.2 Å². The Kier molecular flexibility index (Phi) is 6.03. The van der Waals surface area contributed by atoms with E-state index in [4.69, 9.17) is 9.15 Å². The molecule has 29 heavy (non-hydrogen) atoms. The third-order valence-electron chi connectivity index (χ3n) is 4.26. The molecule has 0 aliphatic heterocycles. The summed E-state index contributed by atoms with van der Waals surface area (Å²) in [5.74, 6) is 1.09. The van der Waals surface area contributed by atoms with Crippen molar-refractivity contribution in [2.45, 2.75) is 13.8 Å². The second kappa shape index (κ2) is 8.83. The quantitative estimate of drug-likeness (QED) is 0.371. The number of nitrogens with zero attached hydrogens (tertiary/aromatic N) is 2. The number of hydrogen-bond donors (Lipinski definition) is 1. The standard InChI is InChI=1S/C21H19N3O5/c1-14-5-3-8-19(15(14)2)28-13-21(25)23-22-12-18-9-10-20(29-18)16-6-4-7-17(11-16)24(26)27/h3-12H,13H2,1-2H3,(H,23,25)/b22-12+. The van der Waals surface area contributed by atoms with Crippen LogP contribution in [-0.2, 0) is 4.79 Å². The van der Waals surface area contributed by atoms with Crippen LogP contribution in [0.1, 0.15) is 16.9 Å². The summed E-state index contributed by atoms with van der Waals surface area (Å²) in [7, 11) is 0. The molecule has 0 fully saturated rings. The highest BCUT2D eigenvalue weighted by atomic mass is 16.6. The topological polar surface area (TPSA) is 107 Å². The number of rotatable bonds is 7. The van der Waals surface area contributed by atoms with E-state index in [2.05, 4.69) is 10.5 Å². The Morgan fingerprint density at radius 1 is 1.21 bits per heavy atom. The third-order valence-corrected chi connectivity index (χ3v) is 4.26. The zero-order valence-electron chi connectivity index (χ0n) is 15.9. The highest BCUT2D eigenvalue weighted by Gasteiger charge is 2.10. The van der Waals surface area contributed by atoms with E-state index in [9.17, 15) is 14.9 Å². The summed E-state index contributed by atoms with van der Waals surface area (Å²) in [5.41, 5.74) is 4.98. The van der Waals surface area contributed by atoms with Crippen molar-refractivity contribution in [3.8, 4) is 17.1 Å². The lowest BCUT2D eigenvalue weighted by molar-refractivity contribution is -0.384. The number of non-ortho nitro benzene ring substituents is 1. The van der Waals surface area contributed by atoms with E-state index in [1.165, 1.54) is 18.3 Å². The Morgan fingerprint density at radius 3 is 2.79 bits per heavy atom. The van der Waals surface area contributed by atoms with Gasteiger partial charge in [0.15, 0.2) is 6.61 Å². The van der Waals surface area contributed by atoms with E-state index in [0.717, 1.165) is 11.1 Å². The van der Waals surface area contributed by atoms with Crippen molar-refractivity contribution in [1.82, 2.24) is 5.43 Å². The van der Waals surface area contributed by atoms with E-state index in [1.807, 2.05) is 26.0 Å². The van der Waals surface area contributed by atoms with Gasteiger partial charge in [0.05, 0.1) is 11.1 Å². The molecular weight excluding hydrogens is 374 g/mol. The summed E-state index contributed by atoms with van der Waals surface area (Å²) in [6, 6.07) is 15.1. The van der Waals surface area contributed by atoms with Gasteiger partial charge in [-0.2, -0.15) is 5.10 Å². The van der Waals surface area contributed by atoms with Gasteiger partial charge >= 0.3 is 0 Å². The van der Waals surface area contributed by atoms with Crippen LogP contribution < -0.4 is 10.2 Å². The highest BCUT2D eigenvalue weighted by Crippen LogP contribution is 2.25. The molecule has 0 spiro atoms. The maximum atomic E-state index is 11.9. The number of nitrogens with one attached hydrogen (secondary N) is 1. The molecule has 0 aliphatic rings. The van der Waals surface area contributed by atoms with Gasteiger partial charge in [-0.1, -0.05) is 24.3 Å². The lowest BCUT2D eigenvalue weighted by Gasteiger charge is -2.09. The molecule has 0 unspecified atom stereocenters. The van der Waals surface area contributed by atoms with Crippen LogP contribution in [0.5, 0.6) is 5.75 Å². The minimum absolute atomic E-state index is 0.0229. The molecule has 8 nitrogen and oxygen atoms in total. The average molecular weight is 393 g/mol. The van der Waals surface area contributed by atoms with Crippen molar-refractivity contribution in [2.75, 3.05) is 6.61 Å². The van der Waals surface area contributed by atoms with Gasteiger partial charge < -0.3 is 9.15 Å². The molecular formula is C21H19N3O5. The fraction of sp³-hybridized carbons (Fsp3) is 0.143. The van der Waals surface area contributed by atoms with E-state index in [-0.39, 0.29) is 12.3 Å². The SMILES string of the molecule is Cc1cccc(OCC(=O)N/N=C/c2ccc(-c3cccc([N+](=O)[O-])c3)o2)c1C. The summed E-state index contributed by atoms with van der Waals surface area (Å²) in [5, 5.41) is 14.7. The molecule has 0 radical (unpaired) electrons. The van der Waals surface area contributed by atoms with Gasteiger partial charge in [0.1, 0.15) is 17.3 Å². The Bertz CT molecular complexity index is 1070. The van der Waals surface area contributed by atoms with E-state index in [0.29, 0.717) is 22.8 Å². The summed E-state index contributed by atoms with van der Waals surface area (Å²) >= 11 is 0. The summed E-state index contributed by atoms with van der Waals surface area (Å²) < 4.78 is 11.1. The molecule has 3 rings (SSSR count). The monoisotopic (exact) mass is 393 g/mol. The molecule has 0 saturated carbocycles. The molecule has 1 amide bonds. The van der Waals surface area contributed by atoms with Gasteiger partial charge in [-0.3, -0.25) is 14.9 Å². The summed E-state index contributed by atoms with van der Waals surface area (Å²) in [4.78, 5) is 22.3. The zero-order valence-corrected chi connectivity index (χ0v) is 15.9. The van der Waals surface area contributed by atoms with Crippen LogP contribution >= 0.6 is 0 Å². The molecule has 1 aromatic heterocycles. The number of nitro benzene ring substituents is 1. The first-order valence-corrected chi connectivity index (χ1v) is 8.79. The van der Waals surface area contributed by atoms with Gasteiger partial charge in [0, 0.05) is 17.7 Å². The second-order valence-electron chi connectivity index (χ2n) is 6.29. The maximum absolute atomic E-state index is 11.9. The number of amides is 1. The number of hydrogen-bond acceptors (Lipinski definition) is 6. The number of furan rings is 1. The van der Waals surface area contributed by atoms with Crippen molar-refractivity contribution in [2.24, 2.45) is 5.10 Å². The van der Waals surface area contributed by atoms with Gasteiger partial charge in [-0.15, -0.1) is 0 Å². The van der Waals surface area contributed by atoms with Gasteiger partial charge in [0.25, 0.3) is 11.6 Å². The van der Waals surface area contributed by atoms with E-state index >= 15 is 0 Å². The molecule has 1 heterocycles. The van der Waals surface area contributed by atoms with Crippen LogP contribution in [0.4, 0.5) is 5.69 Å². The molecule has 0 bridgehead atoms. The number of nitro groups is 1. The van der Waals surface area contributed by atoms with Gasteiger partial charge in [-0.25, -0.2) is 5.43 Å². The maximum Gasteiger partial charge on any atom is 0.277 e. The Labute approximate surface area is 167 Å². The molecule has 3 aromatic rings. The number of ether oxygens (including phenoxy) is 1. The second-order valence-corrected chi connectivity index (χ2v) is 6.29. The number of carbonyl (C=O) groups excluding carboxylic acids is 1. The first kappa shape index (κ1) is 19.8. The minimum Gasteiger partial charge on any atom is -0.483 e. The molecule has 0 aliphatic carbocycles. The molecule has 148 valence electrons. The molecule has 0 saturated heterocycles. The first-order chi connectivity index (χ1) is 13.9. The highest BCUT2D eigenvalue weighted by molar-refractivity contribution is 5.81. The van der Waals surface area contributed by atoms with Gasteiger partial charge in [0.2, 0.25) is 0 Å². The summed E-state index contributed by atoms with van der Waals surface area (Å²) in [6.45, 7) is 3.73. The lowest BCUT2D eigenvalue weighted by atomic mass is 10.1. The Hall–Kier alpha value is -3.94. The van der Waals surface area contributed by atoms with Crippen LogP contribution in [0, 0.1) is 24.0 Å². The minimum atomic E-state index is -0.468. The van der Waals surface area contributed by atoms with Crippen LogP contribution in [0.15, 0.2) is 64.1 Å². The number of carbonyl (C=O) groups is 1. The van der Waals surface area contributed by atoms with Crippen molar-refractivity contribution < 1.29 is 18.9 Å². The predicted molar refractivity (Wildman–Crippen MR) is 108 cm³/mol. The largest absolute Gasteiger partial charge is 0.483 e.